The molecule has 0 bridgehead atoms. The molecular formula is C12H10ClFN2O3S. The quantitative estimate of drug-likeness (QED) is 0.881. The highest BCUT2D eigenvalue weighted by atomic mass is 35.5. The molecule has 0 unspecified atom stereocenters. The molecule has 0 aliphatic rings. The van der Waals surface area contributed by atoms with Crippen LogP contribution in [0.1, 0.15) is 0 Å². The summed E-state index contributed by atoms with van der Waals surface area (Å²) in [6, 6.07) is 6.40. The SMILES string of the molecule is COc1ccc(NS(=O)(=O)c2ccc(Cl)nc2)cc1F. The number of hydrogen-bond acceptors (Lipinski definition) is 4. The van der Waals surface area contributed by atoms with Crippen LogP contribution >= 0.6 is 11.6 Å². The molecule has 106 valence electrons. The first-order valence-electron chi connectivity index (χ1n) is 5.40. The second-order valence-electron chi connectivity index (χ2n) is 3.77. The van der Waals surface area contributed by atoms with Crippen LogP contribution in [0.15, 0.2) is 41.4 Å². The minimum absolute atomic E-state index is 0.0288. The van der Waals surface area contributed by atoms with Gasteiger partial charge < -0.3 is 4.74 Å². The second kappa shape index (κ2) is 5.64. The number of methoxy groups -OCH3 is 1. The summed E-state index contributed by atoms with van der Waals surface area (Å²) in [6.45, 7) is 0. The topological polar surface area (TPSA) is 68.3 Å². The summed E-state index contributed by atoms with van der Waals surface area (Å²) in [5.74, 6) is -0.636. The first kappa shape index (κ1) is 14.5. The van der Waals surface area contributed by atoms with Crippen LogP contribution in [0.25, 0.3) is 0 Å². The number of ether oxygens (including phenoxy) is 1. The van der Waals surface area contributed by atoms with Gasteiger partial charge in [-0.2, -0.15) is 0 Å². The Morgan fingerprint density at radius 1 is 1.30 bits per heavy atom. The normalized spacial score (nSPS) is 11.2. The standard InChI is InChI=1S/C12H10ClFN2O3S/c1-19-11-4-2-8(6-10(11)14)16-20(17,18)9-3-5-12(13)15-7-9/h2-7,16H,1H3. The Labute approximate surface area is 120 Å². The summed E-state index contributed by atoms with van der Waals surface area (Å²) in [4.78, 5) is 3.61. The molecule has 1 N–H and O–H groups in total. The van der Waals surface area contributed by atoms with E-state index in [0.717, 1.165) is 12.3 Å². The van der Waals surface area contributed by atoms with E-state index in [1.807, 2.05) is 0 Å². The molecule has 5 nitrogen and oxygen atoms in total. The van der Waals surface area contributed by atoms with Gasteiger partial charge in [0, 0.05) is 12.3 Å². The summed E-state index contributed by atoms with van der Waals surface area (Å²) in [6.07, 6.45) is 1.12. The molecular weight excluding hydrogens is 307 g/mol. The van der Waals surface area contributed by atoms with Gasteiger partial charge in [0.05, 0.1) is 12.8 Å². The van der Waals surface area contributed by atoms with Crippen LogP contribution in [0.5, 0.6) is 5.75 Å². The molecule has 0 saturated heterocycles. The van der Waals surface area contributed by atoms with Gasteiger partial charge >= 0.3 is 0 Å². The van der Waals surface area contributed by atoms with Crippen LogP contribution in [0.2, 0.25) is 5.15 Å². The Morgan fingerprint density at radius 3 is 2.60 bits per heavy atom. The number of benzene rings is 1. The summed E-state index contributed by atoms with van der Waals surface area (Å²) in [5.41, 5.74) is 0.0817. The molecule has 0 amide bonds. The molecule has 1 aromatic heterocycles. The van der Waals surface area contributed by atoms with E-state index in [-0.39, 0.29) is 21.5 Å². The van der Waals surface area contributed by atoms with Crippen molar-refractivity contribution in [3.63, 3.8) is 0 Å². The average Bonchev–Trinajstić information content (AvgIpc) is 2.39. The van der Waals surface area contributed by atoms with Gasteiger partial charge in [-0.15, -0.1) is 0 Å². The van der Waals surface area contributed by atoms with Crippen LogP contribution in [-0.4, -0.2) is 20.5 Å². The second-order valence-corrected chi connectivity index (χ2v) is 5.84. The Hall–Kier alpha value is -1.86. The number of rotatable bonds is 4. The molecule has 0 fully saturated rings. The Bertz CT molecular complexity index is 720. The van der Waals surface area contributed by atoms with Gasteiger partial charge in [0.1, 0.15) is 10.0 Å². The third kappa shape index (κ3) is 3.17. The summed E-state index contributed by atoms with van der Waals surface area (Å²) in [5, 5.41) is 0.180. The summed E-state index contributed by atoms with van der Waals surface area (Å²) < 4.78 is 44.5. The third-order valence-corrected chi connectivity index (χ3v) is 4.00. The number of hydrogen-bond donors (Lipinski definition) is 1. The van der Waals surface area contributed by atoms with E-state index in [9.17, 15) is 12.8 Å². The van der Waals surface area contributed by atoms with Gasteiger partial charge in [-0.1, -0.05) is 11.6 Å². The zero-order valence-electron chi connectivity index (χ0n) is 10.3. The van der Waals surface area contributed by atoms with Gasteiger partial charge in [0.25, 0.3) is 10.0 Å². The highest BCUT2D eigenvalue weighted by molar-refractivity contribution is 7.92. The zero-order valence-corrected chi connectivity index (χ0v) is 11.9. The lowest BCUT2D eigenvalue weighted by Gasteiger charge is -2.09. The maximum atomic E-state index is 13.5. The van der Waals surface area contributed by atoms with Crippen molar-refractivity contribution in [2.75, 3.05) is 11.8 Å². The van der Waals surface area contributed by atoms with E-state index in [1.54, 1.807) is 0 Å². The van der Waals surface area contributed by atoms with Crippen molar-refractivity contribution in [1.82, 2.24) is 4.98 Å². The first-order valence-corrected chi connectivity index (χ1v) is 7.26. The predicted molar refractivity (Wildman–Crippen MR) is 73.0 cm³/mol. The monoisotopic (exact) mass is 316 g/mol. The molecule has 1 aromatic carbocycles. The van der Waals surface area contributed by atoms with Crippen LogP contribution in [0.4, 0.5) is 10.1 Å². The van der Waals surface area contributed by atoms with Crippen molar-refractivity contribution in [1.29, 1.82) is 0 Å². The molecule has 2 aromatic rings. The molecule has 8 heteroatoms. The fourth-order valence-electron chi connectivity index (χ4n) is 1.47. The van der Waals surface area contributed by atoms with E-state index in [2.05, 4.69) is 9.71 Å². The predicted octanol–water partition coefficient (Wildman–Crippen LogP) is 2.68. The fraction of sp³-hybridized carbons (Fsp3) is 0.0833. The smallest absolute Gasteiger partial charge is 0.263 e. The van der Waals surface area contributed by atoms with Gasteiger partial charge in [0.15, 0.2) is 11.6 Å². The van der Waals surface area contributed by atoms with Crippen molar-refractivity contribution in [2.24, 2.45) is 0 Å². The van der Waals surface area contributed by atoms with Crippen molar-refractivity contribution >= 4 is 27.3 Å². The van der Waals surface area contributed by atoms with Crippen LogP contribution < -0.4 is 9.46 Å². The highest BCUT2D eigenvalue weighted by Crippen LogP contribution is 2.23. The van der Waals surface area contributed by atoms with E-state index in [4.69, 9.17) is 16.3 Å². The van der Waals surface area contributed by atoms with Gasteiger partial charge in [0.2, 0.25) is 0 Å². The average molecular weight is 317 g/mol. The number of aromatic nitrogens is 1. The van der Waals surface area contributed by atoms with Gasteiger partial charge in [-0.25, -0.2) is 17.8 Å². The molecule has 0 radical (unpaired) electrons. The maximum Gasteiger partial charge on any atom is 0.263 e. The first-order chi connectivity index (χ1) is 9.42. The molecule has 0 spiro atoms. The zero-order chi connectivity index (χ0) is 14.8. The lowest BCUT2D eigenvalue weighted by atomic mass is 10.3. The van der Waals surface area contributed by atoms with E-state index < -0.39 is 15.8 Å². The molecule has 0 atom stereocenters. The number of nitrogens with one attached hydrogen (secondary N) is 1. The maximum absolute atomic E-state index is 13.5. The minimum atomic E-state index is -3.85. The Balaban J connectivity index is 2.28. The summed E-state index contributed by atoms with van der Waals surface area (Å²) >= 11 is 5.59. The fourth-order valence-corrected chi connectivity index (χ4v) is 2.57. The van der Waals surface area contributed by atoms with E-state index in [0.29, 0.717) is 0 Å². The lowest BCUT2D eigenvalue weighted by Crippen LogP contribution is -2.13. The van der Waals surface area contributed by atoms with Crippen LogP contribution in [0.3, 0.4) is 0 Å². The van der Waals surface area contributed by atoms with Crippen molar-refractivity contribution in [3.8, 4) is 5.75 Å². The summed E-state index contributed by atoms with van der Waals surface area (Å²) in [7, 11) is -2.52. The lowest BCUT2D eigenvalue weighted by molar-refractivity contribution is 0.386. The van der Waals surface area contributed by atoms with Crippen LogP contribution in [-0.2, 0) is 10.0 Å². The number of sulfonamides is 1. The third-order valence-electron chi connectivity index (χ3n) is 2.41. The van der Waals surface area contributed by atoms with E-state index in [1.165, 1.54) is 31.4 Å². The number of pyridine rings is 1. The number of halogens is 2. The van der Waals surface area contributed by atoms with Crippen molar-refractivity contribution in [2.45, 2.75) is 4.90 Å². The number of nitrogens with zero attached hydrogens (tertiary/aromatic N) is 1. The molecule has 0 saturated carbocycles. The largest absolute Gasteiger partial charge is 0.494 e. The van der Waals surface area contributed by atoms with E-state index >= 15 is 0 Å². The minimum Gasteiger partial charge on any atom is -0.494 e. The Morgan fingerprint density at radius 2 is 2.05 bits per heavy atom. The van der Waals surface area contributed by atoms with Gasteiger partial charge in [-0.05, 0) is 24.3 Å². The van der Waals surface area contributed by atoms with Gasteiger partial charge in [-0.3, -0.25) is 4.72 Å². The molecule has 2 rings (SSSR count). The molecule has 0 aliphatic carbocycles. The highest BCUT2D eigenvalue weighted by Gasteiger charge is 2.15. The molecule has 20 heavy (non-hydrogen) atoms. The number of anilines is 1. The van der Waals surface area contributed by atoms with Crippen LogP contribution in [0, 0.1) is 5.82 Å². The molecule has 1 heterocycles. The van der Waals surface area contributed by atoms with Crippen molar-refractivity contribution in [3.05, 3.63) is 47.5 Å². The Kier molecular flexibility index (Phi) is 4.10. The van der Waals surface area contributed by atoms with Crippen molar-refractivity contribution < 1.29 is 17.5 Å². The molecule has 0 aliphatic heterocycles.